The number of rotatable bonds is 2. The Balaban J connectivity index is 2.04. The first-order valence-electron chi connectivity index (χ1n) is 8.04. The van der Waals surface area contributed by atoms with Crippen molar-refractivity contribution in [2.45, 2.75) is 20.8 Å². The molecule has 3 nitrogen and oxygen atoms in total. The third kappa shape index (κ3) is 3.22. The maximum absolute atomic E-state index is 13.7. The fraction of sp³-hybridized carbons (Fsp3) is 0.368. The molecule has 122 valence electrons. The van der Waals surface area contributed by atoms with Crippen molar-refractivity contribution in [1.29, 1.82) is 0 Å². The second-order valence-corrected chi connectivity index (χ2v) is 9.43. The fourth-order valence-electron chi connectivity index (χ4n) is 2.84. The van der Waals surface area contributed by atoms with Crippen LogP contribution in [-0.4, -0.2) is 13.2 Å². The molecule has 1 saturated heterocycles. The van der Waals surface area contributed by atoms with Gasteiger partial charge in [-0.25, -0.2) is 0 Å². The molecule has 2 atom stereocenters. The summed E-state index contributed by atoms with van der Waals surface area (Å²) in [5.41, 5.74) is 1.06. The van der Waals surface area contributed by atoms with E-state index in [2.05, 4.69) is 20.8 Å². The Bertz CT molecular complexity index is 694. The van der Waals surface area contributed by atoms with Gasteiger partial charge in [-0.15, -0.1) is 0 Å². The summed E-state index contributed by atoms with van der Waals surface area (Å²) in [6, 6.07) is 19.5. The smallest absolute Gasteiger partial charge is 0.310 e. The second kappa shape index (κ2) is 6.14. The Morgan fingerprint density at radius 3 is 2.13 bits per heavy atom. The highest BCUT2D eigenvalue weighted by atomic mass is 31.2. The van der Waals surface area contributed by atoms with Gasteiger partial charge in [-0.05, 0) is 29.7 Å². The lowest BCUT2D eigenvalue weighted by atomic mass is 9.81. The molecule has 1 fully saturated rings. The van der Waals surface area contributed by atoms with Gasteiger partial charge in [0.05, 0.1) is 11.9 Å². The summed E-state index contributed by atoms with van der Waals surface area (Å²) in [4.78, 5) is 0. The van der Waals surface area contributed by atoms with Crippen LogP contribution < -0.4 is 9.97 Å². The van der Waals surface area contributed by atoms with Crippen molar-refractivity contribution < 1.29 is 9.09 Å². The first-order chi connectivity index (χ1) is 10.9. The van der Waals surface area contributed by atoms with Crippen LogP contribution in [0.25, 0.3) is 0 Å². The second-order valence-electron chi connectivity index (χ2n) is 7.13. The molecule has 2 aromatic carbocycles. The zero-order chi connectivity index (χ0) is 16.5. The molecule has 2 aromatic rings. The molecule has 0 amide bonds. The summed E-state index contributed by atoms with van der Waals surface area (Å²) in [7, 11) is -3.07. The van der Waals surface area contributed by atoms with Gasteiger partial charge >= 0.3 is 7.52 Å². The van der Waals surface area contributed by atoms with Gasteiger partial charge in [-0.3, -0.25) is 9.24 Å². The molecular formula is C19H24NO2P. The summed E-state index contributed by atoms with van der Waals surface area (Å²) in [6.45, 7) is 7.90. The predicted molar refractivity (Wildman–Crippen MR) is 96.4 cm³/mol. The third-order valence-electron chi connectivity index (χ3n) is 4.52. The largest absolute Gasteiger partial charge is 0.326 e. The Kier molecular flexibility index (Phi) is 4.35. The van der Waals surface area contributed by atoms with E-state index in [1.807, 2.05) is 65.3 Å². The molecular weight excluding hydrogens is 305 g/mol. The van der Waals surface area contributed by atoms with E-state index in [9.17, 15) is 4.57 Å². The minimum absolute atomic E-state index is 0.106. The zero-order valence-electron chi connectivity index (χ0n) is 14.0. The zero-order valence-corrected chi connectivity index (χ0v) is 14.9. The number of para-hydroxylation sites is 1. The highest BCUT2D eigenvalue weighted by molar-refractivity contribution is 7.68. The molecule has 23 heavy (non-hydrogen) atoms. The van der Waals surface area contributed by atoms with E-state index in [-0.39, 0.29) is 5.41 Å². The van der Waals surface area contributed by atoms with Crippen LogP contribution in [0.4, 0.5) is 5.69 Å². The summed E-state index contributed by atoms with van der Waals surface area (Å²) < 4.78 is 21.8. The molecule has 0 unspecified atom stereocenters. The standard InChI is InChI=1S/C19H24NO2P/c1-19(2,3)16-14-20(17-10-6-4-7-11-17)23(21,22-15-16)18-12-8-5-9-13-18/h4-13,16H,14-15H2,1-3H3/t16-,23-/m1/s1. The van der Waals surface area contributed by atoms with Crippen LogP contribution in [0.15, 0.2) is 60.7 Å². The van der Waals surface area contributed by atoms with Crippen molar-refractivity contribution in [1.82, 2.24) is 0 Å². The van der Waals surface area contributed by atoms with Gasteiger partial charge in [0.1, 0.15) is 0 Å². The van der Waals surface area contributed by atoms with Crippen LogP contribution >= 0.6 is 7.52 Å². The normalized spacial score (nSPS) is 25.3. The van der Waals surface area contributed by atoms with Crippen molar-refractivity contribution in [3.63, 3.8) is 0 Å². The lowest BCUT2D eigenvalue weighted by molar-refractivity contribution is 0.139. The van der Waals surface area contributed by atoms with E-state index in [1.54, 1.807) is 0 Å². The minimum Gasteiger partial charge on any atom is -0.310 e. The number of hydrogen-bond acceptors (Lipinski definition) is 2. The average molecular weight is 329 g/mol. The van der Waals surface area contributed by atoms with E-state index in [4.69, 9.17) is 4.52 Å². The number of hydrogen-bond donors (Lipinski definition) is 0. The third-order valence-corrected chi connectivity index (χ3v) is 7.00. The van der Waals surface area contributed by atoms with E-state index >= 15 is 0 Å². The first-order valence-corrected chi connectivity index (χ1v) is 9.62. The average Bonchev–Trinajstić information content (AvgIpc) is 2.56. The van der Waals surface area contributed by atoms with Gasteiger partial charge in [-0.2, -0.15) is 0 Å². The molecule has 1 aliphatic rings. The molecule has 1 heterocycles. The van der Waals surface area contributed by atoms with Crippen molar-refractivity contribution >= 4 is 18.5 Å². The SMILES string of the molecule is CC(C)(C)[C@H]1CO[P@](=O)(c2ccccc2)N(c2ccccc2)C1. The van der Waals surface area contributed by atoms with E-state index < -0.39 is 7.52 Å². The maximum Gasteiger partial charge on any atom is 0.326 e. The molecule has 0 aliphatic carbocycles. The lowest BCUT2D eigenvalue weighted by Crippen LogP contribution is -2.43. The molecule has 4 heteroatoms. The molecule has 0 saturated carbocycles. The van der Waals surface area contributed by atoms with Gasteiger partial charge in [0, 0.05) is 18.2 Å². The van der Waals surface area contributed by atoms with Crippen LogP contribution in [-0.2, 0) is 9.09 Å². The summed E-state index contributed by atoms with van der Waals surface area (Å²) >= 11 is 0. The summed E-state index contributed by atoms with van der Waals surface area (Å²) in [5.74, 6) is 0.327. The van der Waals surface area contributed by atoms with Crippen LogP contribution in [0.5, 0.6) is 0 Å². The van der Waals surface area contributed by atoms with Crippen molar-refractivity contribution in [3.8, 4) is 0 Å². The van der Waals surface area contributed by atoms with Crippen LogP contribution in [0.1, 0.15) is 20.8 Å². The molecule has 0 spiro atoms. The van der Waals surface area contributed by atoms with Crippen molar-refractivity contribution in [2.75, 3.05) is 17.8 Å². The van der Waals surface area contributed by atoms with Gasteiger partial charge < -0.3 is 4.52 Å². The fourth-order valence-corrected chi connectivity index (χ4v) is 5.19. The molecule has 0 radical (unpaired) electrons. The highest BCUT2D eigenvalue weighted by Crippen LogP contribution is 2.56. The predicted octanol–water partition coefficient (Wildman–Crippen LogP) is 4.70. The van der Waals surface area contributed by atoms with E-state index in [1.165, 1.54) is 0 Å². The number of anilines is 1. The quantitative estimate of drug-likeness (QED) is 0.748. The molecule has 0 N–H and O–H groups in total. The summed E-state index contributed by atoms with van der Waals surface area (Å²) in [5, 5.41) is 0.760. The molecule has 0 bridgehead atoms. The van der Waals surface area contributed by atoms with E-state index in [0.717, 1.165) is 17.5 Å². The highest BCUT2D eigenvalue weighted by Gasteiger charge is 2.43. The van der Waals surface area contributed by atoms with Crippen molar-refractivity contribution in [3.05, 3.63) is 60.7 Å². The van der Waals surface area contributed by atoms with Gasteiger partial charge in [0.2, 0.25) is 0 Å². The monoisotopic (exact) mass is 329 g/mol. The Labute approximate surface area is 138 Å². The maximum atomic E-state index is 13.7. The molecule has 3 rings (SSSR count). The van der Waals surface area contributed by atoms with Crippen LogP contribution in [0.3, 0.4) is 0 Å². The number of benzene rings is 2. The molecule has 1 aliphatic heterocycles. The topological polar surface area (TPSA) is 29.5 Å². The van der Waals surface area contributed by atoms with Crippen molar-refractivity contribution in [2.24, 2.45) is 11.3 Å². The molecule has 0 aromatic heterocycles. The van der Waals surface area contributed by atoms with Gasteiger partial charge in [0.25, 0.3) is 0 Å². The Morgan fingerprint density at radius 2 is 1.57 bits per heavy atom. The van der Waals surface area contributed by atoms with Gasteiger partial charge in [0.15, 0.2) is 0 Å². The first kappa shape index (κ1) is 16.3. The minimum atomic E-state index is -3.07. The Hall–Kier alpha value is -1.57. The van der Waals surface area contributed by atoms with Gasteiger partial charge in [-0.1, -0.05) is 57.2 Å². The van der Waals surface area contributed by atoms with Crippen LogP contribution in [0, 0.1) is 11.3 Å². The lowest BCUT2D eigenvalue weighted by Gasteiger charge is -2.44. The summed E-state index contributed by atoms with van der Waals surface area (Å²) in [6.07, 6.45) is 0. The van der Waals surface area contributed by atoms with Crippen LogP contribution in [0.2, 0.25) is 0 Å². The number of nitrogens with zero attached hydrogens (tertiary/aromatic N) is 1. The van der Waals surface area contributed by atoms with E-state index in [0.29, 0.717) is 12.5 Å². The Morgan fingerprint density at radius 1 is 1.00 bits per heavy atom.